The standard InChI is InChI=1S/C25H24F4N2O3/c26-17-8-16(9-17)24(33)31-5-4-25(13-34-12-22(32)30-25)21(31)10-14-2-1-3-20(23(14)29)15-6-18(27)11-19(28)7-15/h1-3,6-7,11,16-17,21H,4-5,8-10,12-13H2,(H,30,32)/t16-,17+,21-,25+/m1/s1. The number of nitrogens with zero attached hydrogens (tertiary/aromatic N) is 1. The van der Waals surface area contributed by atoms with Crippen molar-refractivity contribution in [2.24, 2.45) is 5.92 Å². The molecular weight excluding hydrogens is 452 g/mol. The molecule has 0 unspecified atom stereocenters. The molecule has 3 aliphatic rings. The van der Waals surface area contributed by atoms with Gasteiger partial charge in [-0.05, 0) is 48.9 Å². The van der Waals surface area contributed by atoms with Gasteiger partial charge < -0.3 is 15.0 Å². The van der Waals surface area contributed by atoms with Gasteiger partial charge in [0.25, 0.3) is 0 Å². The van der Waals surface area contributed by atoms with Crippen molar-refractivity contribution in [3.8, 4) is 11.1 Å². The molecule has 0 aromatic heterocycles. The van der Waals surface area contributed by atoms with Gasteiger partial charge in [-0.15, -0.1) is 0 Å². The number of amides is 2. The van der Waals surface area contributed by atoms with Crippen LogP contribution in [-0.4, -0.2) is 54.2 Å². The van der Waals surface area contributed by atoms with Crippen molar-refractivity contribution in [2.45, 2.75) is 43.4 Å². The molecule has 9 heteroatoms. The Morgan fingerprint density at radius 3 is 2.56 bits per heavy atom. The van der Waals surface area contributed by atoms with Crippen LogP contribution in [0.2, 0.25) is 0 Å². The molecule has 1 saturated carbocycles. The Morgan fingerprint density at radius 2 is 1.88 bits per heavy atom. The van der Waals surface area contributed by atoms with Gasteiger partial charge in [0.05, 0.1) is 18.2 Å². The van der Waals surface area contributed by atoms with Gasteiger partial charge in [0.2, 0.25) is 11.8 Å². The van der Waals surface area contributed by atoms with Crippen LogP contribution in [0.25, 0.3) is 11.1 Å². The highest BCUT2D eigenvalue weighted by Gasteiger charge is 2.53. The van der Waals surface area contributed by atoms with Crippen LogP contribution in [-0.2, 0) is 20.7 Å². The smallest absolute Gasteiger partial charge is 0.246 e. The molecule has 2 saturated heterocycles. The van der Waals surface area contributed by atoms with Gasteiger partial charge in [-0.3, -0.25) is 9.59 Å². The quantitative estimate of drug-likeness (QED) is 0.687. The number of halogens is 4. The summed E-state index contributed by atoms with van der Waals surface area (Å²) in [5.41, 5.74) is -0.562. The molecule has 34 heavy (non-hydrogen) atoms. The minimum Gasteiger partial charge on any atom is -0.369 e. The molecule has 5 rings (SSSR count). The van der Waals surface area contributed by atoms with E-state index in [0.29, 0.717) is 19.0 Å². The van der Waals surface area contributed by atoms with Gasteiger partial charge in [0.15, 0.2) is 0 Å². The van der Waals surface area contributed by atoms with Crippen molar-refractivity contribution in [3.05, 3.63) is 59.4 Å². The number of carbonyl (C=O) groups is 2. The Labute approximate surface area is 194 Å². The summed E-state index contributed by atoms with van der Waals surface area (Å²) >= 11 is 0. The van der Waals surface area contributed by atoms with E-state index in [1.165, 1.54) is 6.07 Å². The summed E-state index contributed by atoms with van der Waals surface area (Å²) in [6, 6.07) is 6.77. The predicted molar refractivity (Wildman–Crippen MR) is 115 cm³/mol. The fraction of sp³-hybridized carbons (Fsp3) is 0.440. The maximum atomic E-state index is 15.6. The highest BCUT2D eigenvalue weighted by Crippen LogP contribution is 2.39. The average molecular weight is 476 g/mol. The van der Waals surface area contributed by atoms with E-state index in [2.05, 4.69) is 5.32 Å². The number of rotatable bonds is 4. The van der Waals surface area contributed by atoms with E-state index in [4.69, 9.17) is 4.74 Å². The van der Waals surface area contributed by atoms with Crippen molar-refractivity contribution in [1.29, 1.82) is 0 Å². The number of hydrogen-bond acceptors (Lipinski definition) is 3. The van der Waals surface area contributed by atoms with Crippen LogP contribution < -0.4 is 5.32 Å². The second kappa shape index (κ2) is 8.69. The molecule has 2 aromatic carbocycles. The zero-order valence-corrected chi connectivity index (χ0v) is 18.3. The lowest BCUT2D eigenvalue weighted by Gasteiger charge is -2.42. The number of likely N-dealkylation sites (tertiary alicyclic amines) is 1. The summed E-state index contributed by atoms with van der Waals surface area (Å²) in [6.07, 6.45) is -0.196. The predicted octanol–water partition coefficient (Wildman–Crippen LogP) is 3.55. The van der Waals surface area contributed by atoms with Gasteiger partial charge >= 0.3 is 0 Å². The molecule has 0 bridgehead atoms. The molecule has 0 radical (unpaired) electrons. The second-order valence-electron chi connectivity index (χ2n) is 9.40. The number of benzene rings is 2. The Morgan fingerprint density at radius 1 is 1.15 bits per heavy atom. The maximum Gasteiger partial charge on any atom is 0.246 e. The number of hydrogen-bond donors (Lipinski definition) is 1. The van der Waals surface area contributed by atoms with E-state index in [1.54, 1.807) is 17.0 Å². The third-order valence-corrected chi connectivity index (χ3v) is 7.17. The largest absolute Gasteiger partial charge is 0.369 e. The summed E-state index contributed by atoms with van der Waals surface area (Å²) in [5.74, 6) is -3.25. The molecule has 3 fully saturated rings. The summed E-state index contributed by atoms with van der Waals surface area (Å²) in [5, 5.41) is 2.96. The molecular formula is C25H24F4N2O3. The maximum absolute atomic E-state index is 15.6. The normalized spacial score (nSPS) is 28.6. The van der Waals surface area contributed by atoms with Crippen LogP contribution in [0.5, 0.6) is 0 Å². The van der Waals surface area contributed by atoms with Crippen LogP contribution in [0.15, 0.2) is 36.4 Å². The van der Waals surface area contributed by atoms with E-state index >= 15 is 4.39 Å². The number of morpholine rings is 1. The van der Waals surface area contributed by atoms with Crippen molar-refractivity contribution < 1.29 is 31.9 Å². The Hall–Kier alpha value is -2.94. The SMILES string of the molecule is O=C1COC[C@]2(CCN(C(=O)[C@H]3C[C@@H](F)C3)[C@@H]2Cc2cccc(-c3cc(F)cc(F)c3)c2F)N1. The first kappa shape index (κ1) is 22.8. The fourth-order valence-corrected chi connectivity index (χ4v) is 5.36. The number of nitrogens with one attached hydrogen (secondary N) is 1. The van der Waals surface area contributed by atoms with Crippen molar-refractivity contribution >= 4 is 11.8 Å². The van der Waals surface area contributed by atoms with Gasteiger partial charge in [0, 0.05) is 24.1 Å². The van der Waals surface area contributed by atoms with Crippen LogP contribution in [0.1, 0.15) is 24.8 Å². The van der Waals surface area contributed by atoms with Gasteiger partial charge in [-0.2, -0.15) is 0 Å². The summed E-state index contributed by atoms with van der Waals surface area (Å²) in [4.78, 5) is 26.9. The zero-order chi connectivity index (χ0) is 24.0. The molecule has 2 heterocycles. The van der Waals surface area contributed by atoms with E-state index in [1.807, 2.05) is 0 Å². The lowest BCUT2D eigenvalue weighted by Crippen LogP contribution is -2.64. The van der Waals surface area contributed by atoms with Crippen LogP contribution >= 0.6 is 0 Å². The minimum atomic E-state index is -0.998. The first-order chi connectivity index (χ1) is 16.3. The molecule has 1 spiro atoms. The monoisotopic (exact) mass is 476 g/mol. The van der Waals surface area contributed by atoms with E-state index in [9.17, 15) is 22.8 Å². The summed E-state index contributed by atoms with van der Waals surface area (Å²) in [7, 11) is 0. The van der Waals surface area contributed by atoms with E-state index < -0.39 is 41.1 Å². The number of carbonyl (C=O) groups excluding carboxylic acids is 2. The lowest BCUT2D eigenvalue weighted by molar-refractivity contribution is -0.145. The van der Waals surface area contributed by atoms with E-state index in [-0.39, 0.29) is 61.0 Å². The van der Waals surface area contributed by atoms with E-state index in [0.717, 1.165) is 12.1 Å². The molecule has 2 aromatic rings. The van der Waals surface area contributed by atoms with Gasteiger partial charge in [-0.25, -0.2) is 17.6 Å². The number of ether oxygens (including phenoxy) is 1. The topological polar surface area (TPSA) is 58.6 Å². The molecule has 2 amide bonds. The Balaban J connectivity index is 1.49. The highest BCUT2D eigenvalue weighted by atomic mass is 19.1. The first-order valence-corrected chi connectivity index (χ1v) is 11.3. The van der Waals surface area contributed by atoms with Crippen molar-refractivity contribution in [3.63, 3.8) is 0 Å². The Bertz CT molecular complexity index is 1120. The third-order valence-electron chi connectivity index (χ3n) is 7.17. The molecule has 5 nitrogen and oxygen atoms in total. The van der Waals surface area contributed by atoms with Crippen molar-refractivity contribution in [2.75, 3.05) is 19.8 Å². The van der Waals surface area contributed by atoms with Crippen LogP contribution in [0, 0.1) is 23.4 Å². The third kappa shape index (κ3) is 4.06. The summed E-state index contributed by atoms with van der Waals surface area (Å²) in [6.45, 7) is 0.403. The molecule has 1 N–H and O–H groups in total. The molecule has 180 valence electrons. The second-order valence-corrected chi connectivity index (χ2v) is 9.40. The lowest BCUT2D eigenvalue weighted by atomic mass is 9.81. The van der Waals surface area contributed by atoms with Crippen LogP contribution in [0.3, 0.4) is 0 Å². The van der Waals surface area contributed by atoms with Gasteiger partial charge in [0.1, 0.15) is 30.2 Å². The molecule has 1 aliphatic carbocycles. The number of alkyl halides is 1. The molecule has 2 atom stereocenters. The van der Waals surface area contributed by atoms with Crippen molar-refractivity contribution in [1.82, 2.24) is 10.2 Å². The van der Waals surface area contributed by atoms with Crippen LogP contribution in [0.4, 0.5) is 17.6 Å². The Kier molecular flexibility index (Phi) is 5.83. The highest BCUT2D eigenvalue weighted by molar-refractivity contribution is 5.82. The van der Waals surface area contributed by atoms with Gasteiger partial charge in [-0.1, -0.05) is 18.2 Å². The average Bonchev–Trinajstić information content (AvgIpc) is 3.08. The minimum absolute atomic E-state index is 0.0315. The summed E-state index contributed by atoms with van der Waals surface area (Å²) < 4.78 is 62.0. The molecule has 2 aliphatic heterocycles. The first-order valence-electron chi connectivity index (χ1n) is 11.3. The zero-order valence-electron chi connectivity index (χ0n) is 18.3. The fourth-order valence-electron chi connectivity index (χ4n) is 5.36.